The van der Waals surface area contributed by atoms with E-state index in [9.17, 15) is 5.26 Å². The molecule has 1 aromatic heterocycles. The lowest BCUT2D eigenvalue weighted by atomic mass is 9.89. The normalized spacial score (nSPS) is 11.0. The second-order valence-electron chi connectivity index (χ2n) is 11.5. The maximum absolute atomic E-state index is 10.0. The lowest BCUT2D eigenvalue weighted by Crippen LogP contribution is -1.94. The van der Waals surface area contributed by atoms with Gasteiger partial charge in [0, 0.05) is 21.9 Å². The Morgan fingerprint density at radius 1 is 0.370 bits per heavy atom. The highest BCUT2D eigenvalue weighted by molar-refractivity contribution is 6.16. The number of pyridine rings is 1. The first-order valence-electron chi connectivity index (χ1n) is 15.4. The number of fused-ring (bicyclic) bond motifs is 3. The van der Waals surface area contributed by atoms with Crippen LogP contribution < -0.4 is 0 Å². The van der Waals surface area contributed by atoms with Gasteiger partial charge >= 0.3 is 0 Å². The second-order valence-corrected chi connectivity index (χ2v) is 11.5. The third-order valence-corrected chi connectivity index (χ3v) is 8.75. The van der Waals surface area contributed by atoms with E-state index in [1.807, 2.05) is 36.4 Å². The quantitative estimate of drug-likeness (QED) is 0.189. The van der Waals surface area contributed by atoms with Crippen molar-refractivity contribution in [2.75, 3.05) is 0 Å². The van der Waals surface area contributed by atoms with Gasteiger partial charge in [0.1, 0.15) is 0 Å². The topological polar surface area (TPSA) is 36.7 Å². The maximum Gasteiger partial charge on any atom is 0.0998 e. The Bertz CT molecular complexity index is 2380. The number of nitrogens with zero attached hydrogens (tertiary/aromatic N) is 2. The van der Waals surface area contributed by atoms with Crippen LogP contribution in [0.5, 0.6) is 0 Å². The summed E-state index contributed by atoms with van der Waals surface area (Å²) < 4.78 is 0. The minimum absolute atomic E-state index is 0.656. The van der Waals surface area contributed by atoms with Gasteiger partial charge in [0.25, 0.3) is 0 Å². The molecule has 0 spiro atoms. The van der Waals surface area contributed by atoms with Crippen LogP contribution in [0.15, 0.2) is 170 Å². The van der Waals surface area contributed by atoms with Crippen LogP contribution in [-0.4, -0.2) is 4.98 Å². The van der Waals surface area contributed by atoms with Crippen LogP contribution in [0.3, 0.4) is 0 Å². The highest BCUT2D eigenvalue weighted by Gasteiger charge is 2.17. The van der Waals surface area contributed by atoms with Crippen molar-refractivity contribution in [1.29, 1.82) is 5.26 Å². The van der Waals surface area contributed by atoms with Crippen LogP contribution in [0, 0.1) is 11.3 Å². The van der Waals surface area contributed by atoms with Gasteiger partial charge in [0.05, 0.1) is 22.8 Å². The molecule has 0 saturated carbocycles. The third-order valence-electron chi connectivity index (χ3n) is 8.75. The molecule has 8 rings (SSSR count). The minimum atomic E-state index is 0.656. The summed E-state index contributed by atoms with van der Waals surface area (Å²) in [4.78, 5) is 5.34. The molecule has 7 aromatic carbocycles. The van der Waals surface area contributed by atoms with Gasteiger partial charge in [0.15, 0.2) is 0 Å². The van der Waals surface area contributed by atoms with E-state index >= 15 is 0 Å². The number of nitriles is 1. The predicted molar refractivity (Wildman–Crippen MR) is 191 cm³/mol. The monoisotopic (exact) mass is 584 g/mol. The molecule has 0 aliphatic carbocycles. The third kappa shape index (κ3) is 4.91. The molecule has 1 heterocycles. The molecule has 0 radical (unpaired) electrons. The fourth-order valence-electron chi connectivity index (χ4n) is 6.41. The molecule has 2 heteroatoms. The summed E-state index contributed by atoms with van der Waals surface area (Å²) >= 11 is 0. The molecule has 0 aliphatic heterocycles. The molecule has 0 bridgehead atoms. The molecule has 2 nitrogen and oxygen atoms in total. The van der Waals surface area contributed by atoms with Crippen molar-refractivity contribution < 1.29 is 0 Å². The zero-order chi connectivity index (χ0) is 30.9. The summed E-state index contributed by atoms with van der Waals surface area (Å²) in [7, 11) is 0. The first kappa shape index (κ1) is 27.3. The van der Waals surface area contributed by atoms with Gasteiger partial charge in [-0.1, -0.05) is 152 Å². The molecule has 0 unspecified atom stereocenters. The smallest absolute Gasteiger partial charge is 0.0998 e. The van der Waals surface area contributed by atoms with Crippen molar-refractivity contribution in [3.8, 4) is 61.8 Å². The van der Waals surface area contributed by atoms with E-state index in [4.69, 9.17) is 4.98 Å². The van der Waals surface area contributed by atoms with Gasteiger partial charge in [-0.3, -0.25) is 0 Å². The minimum Gasteiger partial charge on any atom is -0.247 e. The fourth-order valence-corrected chi connectivity index (χ4v) is 6.41. The second kappa shape index (κ2) is 11.7. The average Bonchev–Trinajstić information content (AvgIpc) is 3.15. The average molecular weight is 585 g/mol. The van der Waals surface area contributed by atoms with Crippen molar-refractivity contribution >= 4 is 21.7 Å². The van der Waals surface area contributed by atoms with Crippen molar-refractivity contribution in [2.24, 2.45) is 0 Å². The van der Waals surface area contributed by atoms with Crippen molar-refractivity contribution in [1.82, 2.24) is 4.98 Å². The van der Waals surface area contributed by atoms with Crippen LogP contribution in [0.25, 0.3) is 77.4 Å². The van der Waals surface area contributed by atoms with Crippen LogP contribution >= 0.6 is 0 Å². The molecule has 0 fully saturated rings. The lowest BCUT2D eigenvalue weighted by Gasteiger charge is -2.16. The Hall–Kier alpha value is -6.30. The van der Waals surface area contributed by atoms with E-state index < -0.39 is 0 Å². The summed E-state index contributed by atoms with van der Waals surface area (Å²) in [6.45, 7) is 0. The van der Waals surface area contributed by atoms with Crippen LogP contribution in [0.1, 0.15) is 5.56 Å². The fraction of sp³-hybridized carbons (Fsp3) is 0. The Labute approximate surface area is 268 Å². The van der Waals surface area contributed by atoms with Crippen LogP contribution in [-0.2, 0) is 0 Å². The zero-order valence-corrected chi connectivity index (χ0v) is 25.1. The Morgan fingerprint density at radius 3 is 1.50 bits per heavy atom. The molecule has 46 heavy (non-hydrogen) atoms. The van der Waals surface area contributed by atoms with Crippen molar-refractivity contribution in [2.45, 2.75) is 0 Å². The van der Waals surface area contributed by atoms with Crippen molar-refractivity contribution in [3.05, 3.63) is 175 Å². The van der Waals surface area contributed by atoms with Crippen LogP contribution in [0.4, 0.5) is 0 Å². The predicted octanol–water partition coefficient (Wildman–Crippen LogP) is 11.6. The number of hydrogen-bond acceptors (Lipinski definition) is 2. The highest BCUT2D eigenvalue weighted by atomic mass is 14.7. The summed E-state index contributed by atoms with van der Waals surface area (Å²) in [5, 5.41) is 13.2. The summed E-state index contributed by atoms with van der Waals surface area (Å²) in [5.74, 6) is 0. The highest BCUT2D eigenvalue weighted by Crippen LogP contribution is 2.41. The molecular weight excluding hydrogens is 556 g/mol. The van der Waals surface area contributed by atoms with E-state index in [1.165, 1.54) is 22.3 Å². The van der Waals surface area contributed by atoms with E-state index in [-0.39, 0.29) is 0 Å². The Balaban J connectivity index is 1.37. The molecule has 0 atom stereocenters. The van der Waals surface area contributed by atoms with E-state index in [1.54, 1.807) is 0 Å². The molecule has 8 aromatic rings. The maximum atomic E-state index is 10.0. The van der Waals surface area contributed by atoms with Gasteiger partial charge in [-0.05, 0) is 62.5 Å². The largest absolute Gasteiger partial charge is 0.247 e. The first-order valence-corrected chi connectivity index (χ1v) is 15.4. The van der Waals surface area contributed by atoms with E-state index in [0.717, 1.165) is 55.2 Å². The summed E-state index contributed by atoms with van der Waals surface area (Å²) in [5.41, 5.74) is 12.5. The molecular formula is C44H28N2. The number of hydrogen-bond donors (Lipinski definition) is 0. The molecule has 0 amide bonds. The molecule has 0 saturated heterocycles. The van der Waals surface area contributed by atoms with Gasteiger partial charge in [-0.15, -0.1) is 0 Å². The Morgan fingerprint density at radius 2 is 0.870 bits per heavy atom. The summed E-state index contributed by atoms with van der Waals surface area (Å²) in [6, 6.07) is 61.5. The SMILES string of the molecule is N#Cc1ccccc1-c1cc2c(-c3ccc(-c4ccccc4)cc3)cc(-c3ccc(-c4ccccc4)cc3)nc2c2ccccc12. The van der Waals surface area contributed by atoms with Gasteiger partial charge in [-0.25, -0.2) is 4.98 Å². The summed E-state index contributed by atoms with van der Waals surface area (Å²) in [6.07, 6.45) is 0. The molecule has 0 aliphatic rings. The van der Waals surface area contributed by atoms with Gasteiger partial charge in [-0.2, -0.15) is 5.26 Å². The number of aromatic nitrogens is 1. The zero-order valence-electron chi connectivity index (χ0n) is 25.1. The molecule has 214 valence electrons. The lowest BCUT2D eigenvalue weighted by molar-refractivity contribution is 1.41. The first-order chi connectivity index (χ1) is 22.8. The standard InChI is InChI=1S/C44H28N2/c45-29-36-15-7-8-16-37(36)41-27-42-40(34-23-19-32(20-24-34)30-11-3-1-4-12-30)28-43(46-44(42)39-18-10-9-17-38(39)41)35-25-21-33(22-26-35)31-13-5-2-6-14-31/h1-28H. The van der Waals surface area contributed by atoms with E-state index in [0.29, 0.717) is 5.56 Å². The van der Waals surface area contributed by atoms with Gasteiger partial charge in [0.2, 0.25) is 0 Å². The molecule has 0 N–H and O–H groups in total. The van der Waals surface area contributed by atoms with Crippen molar-refractivity contribution in [3.63, 3.8) is 0 Å². The van der Waals surface area contributed by atoms with Crippen LogP contribution in [0.2, 0.25) is 0 Å². The van der Waals surface area contributed by atoms with Gasteiger partial charge < -0.3 is 0 Å². The van der Waals surface area contributed by atoms with E-state index in [2.05, 4.69) is 140 Å². The Kier molecular flexibility index (Phi) is 6.91. The number of rotatable bonds is 5. The number of benzene rings is 7.